The molecule has 0 aliphatic heterocycles. The molecule has 1 aliphatic carbocycles. The zero-order valence-electron chi connectivity index (χ0n) is 16.8. The first-order valence-corrected chi connectivity index (χ1v) is 10.6. The van der Waals surface area contributed by atoms with E-state index in [9.17, 15) is 4.79 Å². The molecule has 0 saturated heterocycles. The van der Waals surface area contributed by atoms with Gasteiger partial charge in [-0.1, -0.05) is 30.0 Å². The van der Waals surface area contributed by atoms with Crippen molar-refractivity contribution in [3.05, 3.63) is 53.6 Å². The number of aromatic nitrogens is 3. The molecule has 2 aromatic carbocycles. The summed E-state index contributed by atoms with van der Waals surface area (Å²) in [7, 11) is 3.53. The van der Waals surface area contributed by atoms with Crippen LogP contribution in [-0.2, 0) is 24.7 Å². The second-order valence-electron chi connectivity index (χ2n) is 7.15. The molecular formula is C22H24N4O2S. The highest BCUT2D eigenvalue weighted by molar-refractivity contribution is 8.00. The summed E-state index contributed by atoms with van der Waals surface area (Å²) in [4.78, 5) is 12.7. The average molecular weight is 409 g/mol. The van der Waals surface area contributed by atoms with E-state index in [1.54, 1.807) is 7.11 Å². The van der Waals surface area contributed by atoms with E-state index in [0.29, 0.717) is 11.0 Å². The molecule has 1 N–H and O–H groups in total. The van der Waals surface area contributed by atoms with Gasteiger partial charge in [0.05, 0.1) is 17.9 Å². The zero-order valence-corrected chi connectivity index (χ0v) is 17.6. The quantitative estimate of drug-likeness (QED) is 0.622. The van der Waals surface area contributed by atoms with Gasteiger partial charge in [-0.15, -0.1) is 10.2 Å². The number of hydrogen-bond acceptors (Lipinski definition) is 5. The van der Waals surface area contributed by atoms with Gasteiger partial charge in [-0.3, -0.25) is 4.79 Å². The van der Waals surface area contributed by atoms with Crippen LogP contribution in [0.2, 0.25) is 0 Å². The molecule has 0 saturated carbocycles. The number of aryl methyl sites for hydroxylation is 2. The van der Waals surface area contributed by atoms with Crippen molar-refractivity contribution in [2.24, 2.45) is 7.05 Å². The Morgan fingerprint density at radius 2 is 1.97 bits per heavy atom. The molecule has 1 amide bonds. The molecule has 29 heavy (non-hydrogen) atoms. The van der Waals surface area contributed by atoms with Crippen LogP contribution in [0.15, 0.2) is 47.6 Å². The highest BCUT2D eigenvalue weighted by atomic mass is 32.2. The van der Waals surface area contributed by atoms with E-state index in [1.165, 1.54) is 29.3 Å². The lowest BCUT2D eigenvalue weighted by atomic mass is 10.1. The first-order valence-electron chi connectivity index (χ1n) is 9.69. The van der Waals surface area contributed by atoms with E-state index in [0.717, 1.165) is 29.8 Å². The molecule has 6 nitrogen and oxygen atoms in total. The van der Waals surface area contributed by atoms with E-state index in [2.05, 4.69) is 27.6 Å². The monoisotopic (exact) mass is 408 g/mol. The van der Waals surface area contributed by atoms with E-state index >= 15 is 0 Å². The minimum Gasteiger partial charge on any atom is -0.496 e. The lowest BCUT2D eigenvalue weighted by Gasteiger charge is -2.13. The zero-order chi connectivity index (χ0) is 20.4. The molecule has 4 rings (SSSR count). The summed E-state index contributed by atoms with van der Waals surface area (Å²) in [5.74, 6) is 1.40. The number of amides is 1. The van der Waals surface area contributed by atoms with Gasteiger partial charge < -0.3 is 14.6 Å². The van der Waals surface area contributed by atoms with Gasteiger partial charge in [0.1, 0.15) is 5.75 Å². The largest absolute Gasteiger partial charge is 0.496 e. The van der Waals surface area contributed by atoms with Crippen LogP contribution in [0.5, 0.6) is 5.75 Å². The van der Waals surface area contributed by atoms with Gasteiger partial charge in [0.25, 0.3) is 0 Å². The van der Waals surface area contributed by atoms with E-state index in [1.807, 2.05) is 48.9 Å². The lowest BCUT2D eigenvalue weighted by molar-refractivity contribution is -0.115. The Hall–Kier alpha value is -2.80. The summed E-state index contributed by atoms with van der Waals surface area (Å²) in [6, 6.07) is 13.9. The number of benzene rings is 2. The number of nitrogens with one attached hydrogen (secondary N) is 1. The van der Waals surface area contributed by atoms with Crippen molar-refractivity contribution in [2.45, 2.75) is 36.6 Å². The third kappa shape index (κ3) is 4.00. The summed E-state index contributed by atoms with van der Waals surface area (Å²) in [6.07, 6.45) is 3.42. The van der Waals surface area contributed by atoms with Gasteiger partial charge >= 0.3 is 0 Å². The Morgan fingerprint density at radius 1 is 1.17 bits per heavy atom. The van der Waals surface area contributed by atoms with Crippen LogP contribution in [-0.4, -0.2) is 33.0 Å². The first-order chi connectivity index (χ1) is 14.1. The van der Waals surface area contributed by atoms with Crippen molar-refractivity contribution < 1.29 is 9.53 Å². The van der Waals surface area contributed by atoms with Crippen molar-refractivity contribution in [1.29, 1.82) is 0 Å². The minimum atomic E-state index is -0.309. The van der Waals surface area contributed by atoms with Crippen LogP contribution < -0.4 is 10.1 Å². The van der Waals surface area contributed by atoms with E-state index in [-0.39, 0.29) is 11.2 Å². The molecule has 3 aromatic rings. The molecule has 150 valence electrons. The average Bonchev–Trinajstić information content (AvgIpc) is 3.34. The Kier molecular flexibility index (Phi) is 5.58. The third-order valence-electron chi connectivity index (χ3n) is 5.20. The highest BCUT2D eigenvalue weighted by Gasteiger charge is 2.21. The van der Waals surface area contributed by atoms with Gasteiger partial charge in [-0.25, -0.2) is 0 Å². The summed E-state index contributed by atoms with van der Waals surface area (Å²) >= 11 is 1.39. The topological polar surface area (TPSA) is 69.0 Å². The van der Waals surface area contributed by atoms with Gasteiger partial charge in [0.2, 0.25) is 5.91 Å². The molecule has 0 fully saturated rings. The van der Waals surface area contributed by atoms with Crippen LogP contribution in [0.3, 0.4) is 0 Å². The van der Waals surface area contributed by atoms with Crippen molar-refractivity contribution in [2.75, 3.05) is 12.4 Å². The maximum atomic E-state index is 12.7. The highest BCUT2D eigenvalue weighted by Crippen LogP contribution is 2.31. The predicted molar refractivity (Wildman–Crippen MR) is 115 cm³/mol. The minimum absolute atomic E-state index is 0.0465. The number of para-hydroxylation sites is 1. The van der Waals surface area contributed by atoms with Crippen LogP contribution in [0.4, 0.5) is 5.69 Å². The number of hydrogen-bond donors (Lipinski definition) is 1. The molecular weight excluding hydrogens is 384 g/mol. The second kappa shape index (κ2) is 8.29. The molecule has 0 unspecified atom stereocenters. The number of anilines is 1. The van der Waals surface area contributed by atoms with Gasteiger partial charge in [0.15, 0.2) is 11.0 Å². The Labute approximate surface area is 174 Å². The molecule has 0 bridgehead atoms. The number of nitrogens with zero attached hydrogens (tertiary/aromatic N) is 3. The summed E-state index contributed by atoms with van der Waals surface area (Å²) in [6.45, 7) is 1.88. The fourth-order valence-electron chi connectivity index (χ4n) is 3.59. The number of fused-ring (bicyclic) bond motifs is 1. The van der Waals surface area contributed by atoms with Gasteiger partial charge in [-0.05, 0) is 61.6 Å². The number of thioether (sulfide) groups is 1. The molecule has 1 aliphatic rings. The normalized spacial score (nSPS) is 13.8. The lowest BCUT2D eigenvalue weighted by Crippen LogP contribution is -2.23. The molecule has 1 atom stereocenters. The van der Waals surface area contributed by atoms with E-state index < -0.39 is 0 Å². The fraction of sp³-hybridized carbons (Fsp3) is 0.318. The smallest absolute Gasteiger partial charge is 0.237 e. The summed E-state index contributed by atoms with van der Waals surface area (Å²) < 4.78 is 7.32. The SMILES string of the molecule is COc1ccccc1-c1nnc(S[C@@H](C)C(=O)Nc2ccc3c(c2)CCC3)n1C. The summed E-state index contributed by atoms with van der Waals surface area (Å²) in [5.41, 5.74) is 4.47. The van der Waals surface area contributed by atoms with Crippen LogP contribution in [0, 0.1) is 0 Å². The number of methoxy groups -OCH3 is 1. The van der Waals surface area contributed by atoms with Crippen molar-refractivity contribution in [3.8, 4) is 17.1 Å². The van der Waals surface area contributed by atoms with Crippen molar-refractivity contribution in [1.82, 2.24) is 14.8 Å². The van der Waals surface area contributed by atoms with Gasteiger partial charge in [0, 0.05) is 12.7 Å². The molecule has 0 radical (unpaired) electrons. The predicted octanol–water partition coefficient (Wildman–Crippen LogP) is 4.10. The fourth-order valence-corrected chi connectivity index (χ4v) is 4.40. The molecule has 1 heterocycles. The Bertz CT molecular complexity index is 1050. The standard InChI is InChI=1S/C22H24N4O2S/c1-14(21(27)23-17-12-11-15-7-6-8-16(15)13-17)29-22-25-24-20(26(22)2)18-9-4-5-10-19(18)28-3/h4-5,9-14H,6-8H2,1-3H3,(H,23,27)/t14-/m0/s1. The van der Waals surface area contributed by atoms with Gasteiger partial charge in [-0.2, -0.15) is 0 Å². The number of carbonyl (C=O) groups excluding carboxylic acids is 1. The second-order valence-corrected chi connectivity index (χ2v) is 8.46. The molecule has 0 spiro atoms. The number of rotatable bonds is 6. The van der Waals surface area contributed by atoms with Crippen LogP contribution >= 0.6 is 11.8 Å². The van der Waals surface area contributed by atoms with Crippen molar-refractivity contribution >= 4 is 23.4 Å². The maximum Gasteiger partial charge on any atom is 0.237 e. The van der Waals surface area contributed by atoms with Crippen molar-refractivity contribution in [3.63, 3.8) is 0 Å². The van der Waals surface area contributed by atoms with E-state index in [4.69, 9.17) is 4.74 Å². The number of carbonyl (C=O) groups is 1. The maximum absolute atomic E-state index is 12.7. The Morgan fingerprint density at radius 3 is 2.79 bits per heavy atom. The molecule has 1 aromatic heterocycles. The van der Waals surface area contributed by atoms with Crippen LogP contribution in [0.1, 0.15) is 24.5 Å². The number of ether oxygens (including phenoxy) is 1. The first kappa shape index (κ1) is 19.5. The van der Waals surface area contributed by atoms with Crippen LogP contribution in [0.25, 0.3) is 11.4 Å². The molecule has 7 heteroatoms. The Balaban J connectivity index is 1.46. The summed E-state index contributed by atoms with van der Waals surface area (Å²) in [5, 5.41) is 12.0. The third-order valence-corrected chi connectivity index (χ3v) is 6.33.